The predicted octanol–water partition coefficient (Wildman–Crippen LogP) is 0.442. The average molecular weight is 431 g/mol. The van der Waals surface area contributed by atoms with E-state index in [0.717, 1.165) is 30.8 Å². The van der Waals surface area contributed by atoms with Gasteiger partial charge in [0.25, 0.3) is 0 Å². The summed E-state index contributed by atoms with van der Waals surface area (Å²) >= 11 is 0. The van der Waals surface area contributed by atoms with Crippen LogP contribution in [-0.4, -0.2) is 96.2 Å². The largest absolute Gasteiger partial charge is 0.497 e. The number of hydrogen-bond acceptors (Lipinski definition) is 6. The van der Waals surface area contributed by atoms with Crippen molar-refractivity contribution in [3.8, 4) is 5.75 Å². The molecule has 0 aromatic heterocycles. The quantitative estimate of drug-likeness (QED) is 0.681. The van der Waals surface area contributed by atoms with Gasteiger partial charge in [0.2, 0.25) is 11.8 Å². The zero-order valence-corrected chi connectivity index (χ0v) is 18.5. The van der Waals surface area contributed by atoms with E-state index in [1.807, 2.05) is 24.3 Å². The molecule has 4 atom stereocenters. The zero-order valence-electron chi connectivity index (χ0n) is 18.5. The Balaban J connectivity index is 1.37. The molecule has 2 amide bonds. The summed E-state index contributed by atoms with van der Waals surface area (Å²) < 4.78 is 5.24. The van der Waals surface area contributed by atoms with Crippen molar-refractivity contribution in [3.63, 3.8) is 0 Å². The van der Waals surface area contributed by atoms with Crippen molar-refractivity contribution < 1.29 is 19.4 Å². The molecule has 3 fully saturated rings. The number of benzene rings is 1. The van der Waals surface area contributed by atoms with E-state index in [1.54, 1.807) is 12.0 Å². The fraction of sp³-hybridized carbons (Fsp3) is 0.652. The van der Waals surface area contributed by atoms with Gasteiger partial charge in [-0.2, -0.15) is 0 Å². The van der Waals surface area contributed by atoms with Crippen molar-refractivity contribution in [1.29, 1.82) is 0 Å². The summed E-state index contributed by atoms with van der Waals surface area (Å²) in [5, 5.41) is 12.8. The third kappa shape index (κ3) is 4.86. The first kappa shape index (κ1) is 22.0. The number of rotatable bonds is 6. The fourth-order valence-corrected chi connectivity index (χ4v) is 5.21. The van der Waals surface area contributed by atoms with E-state index < -0.39 is 0 Å². The first-order valence-electron chi connectivity index (χ1n) is 11.3. The van der Waals surface area contributed by atoms with Crippen LogP contribution in [0.3, 0.4) is 0 Å². The Labute approximate surface area is 184 Å². The van der Waals surface area contributed by atoms with Crippen LogP contribution < -0.4 is 10.1 Å². The molecule has 3 heterocycles. The Morgan fingerprint density at radius 2 is 2.00 bits per heavy atom. The summed E-state index contributed by atoms with van der Waals surface area (Å²) in [5.41, 5.74) is 1.16. The molecule has 2 N–H and O–H groups in total. The van der Waals surface area contributed by atoms with Crippen molar-refractivity contribution in [1.82, 2.24) is 20.0 Å². The number of hydrogen-bond donors (Lipinski definition) is 2. The molecular weight excluding hydrogens is 396 g/mol. The van der Waals surface area contributed by atoms with Crippen LogP contribution >= 0.6 is 0 Å². The summed E-state index contributed by atoms with van der Waals surface area (Å²) in [4.78, 5) is 31.8. The maximum atomic E-state index is 13.0. The smallest absolute Gasteiger partial charge is 0.239 e. The van der Waals surface area contributed by atoms with Gasteiger partial charge in [-0.25, -0.2) is 0 Å². The third-order valence-corrected chi connectivity index (χ3v) is 7.10. The molecule has 0 bridgehead atoms. The van der Waals surface area contributed by atoms with Crippen molar-refractivity contribution in [3.05, 3.63) is 29.8 Å². The second kappa shape index (κ2) is 9.54. The maximum Gasteiger partial charge on any atom is 0.239 e. The van der Waals surface area contributed by atoms with Crippen molar-refractivity contribution in [2.45, 2.75) is 56.5 Å². The highest BCUT2D eigenvalue weighted by molar-refractivity contribution is 5.83. The fourth-order valence-electron chi connectivity index (χ4n) is 5.21. The number of ether oxygens (including phenoxy) is 1. The van der Waals surface area contributed by atoms with Crippen molar-refractivity contribution >= 4 is 11.8 Å². The SMILES string of the molecule is COc1ccc(CN2CC[C@@H]3[C@H]2C(=O)NC[C@H](CCC(=O)N2CC[C@@H](O)C2)N3C)cc1. The summed E-state index contributed by atoms with van der Waals surface area (Å²) in [6, 6.07) is 8.11. The molecule has 0 unspecified atom stereocenters. The summed E-state index contributed by atoms with van der Waals surface area (Å²) in [7, 11) is 3.74. The molecule has 1 aromatic rings. The van der Waals surface area contributed by atoms with Gasteiger partial charge in [0.05, 0.1) is 13.2 Å². The monoisotopic (exact) mass is 430 g/mol. The Morgan fingerprint density at radius 1 is 1.23 bits per heavy atom. The first-order chi connectivity index (χ1) is 15.0. The standard InChI is InChI=1S/C23H34N4O4/c1-25-17(5-8-21(29)26-11-9-18(28)15-26)13-24-23(30)22-20(25)10-12-27(22)14-16-3-6-19(31-2)7-4-16/h3-4,6-7,17-18,20,22,28H,5,8-15H2,1-2H3,(H,24,30)/t17-,18+,20+,22-/m0/s1. The second-order valence-corrected chi connectivity index (χ2v) is 9.00. The minimum atomic E-state index is -0.389. The topological polar surface area (TPSA) is 85.3 Å². The molecule has 4 rings (SSSR count). The normalized spacial score (nSPS) is 29.5. The number of nitrogens with one attached hydrogen (secondary N) is 1. The Morgan fingerprint density at radius 3 is 2.68 bits per heavy atom. The van der Waals surface area contributed by atoms with Gasteiger partial charge in [0.1, 0.15) is 11.8 Å². The third-order valence-electron chi connectivity index (χ3n) is 7.10. The number of likely N-dealkylation sites (N-methyl/N-ethyl adjacent to an activating group) is 1. The van der Waals surface area contributed by atoms with E-state index in [-0.39, 0.29) is 36.0 Å². The van der Waals surface area contributed by atoms with E-state index in [0.29, 0.717) is 38.9 Å². The molecule has 1 aromatic carbocycles. The molecule has 8 heteroatoms. The minimum absolute atomic E-state index is 0.0827. The van der Waals surface area contributed by atoms with Crippen LogP contribution in [0, 0.1) is 0 Å². The number of aliphatic hydroxyl groups is 1. The van der Waals surface area contributed by atoms with Gasteiger partial charge in [-0.3, -0.25) is 19.4 Å². The lowest BCUT2D eigenvalue weighted by atomic mass is 10.0. The molecule has 170 valence electrons. The van der Waals surface area contributed by atoms with Gasteiger partial charge < -0.3 is 20.1 Å². The van der Waals surface area contributed by atoms with Crippen LogP contribution in [-0.2, 0) is 16.1 Å². The summed E-state index contributed by atoms with van der Waals surface area (Å²) in [6.45, 7) is 3.25. The van der Waals surface area contributed by atoms with E-state index in [1.165, 1.54) is 0 Å². The van der Waals surface area contributed by atoms with Gasteiger partial charge in [-0.05, 0) is 44.0 Å². The number of nitrogens with zero attached hydrogens (tertiary/aromatic N) is 3. The number of carbonyl (C=O) groups is 2. The van der Waals surface area contributed by atoms with Crippen LogP contribution in [0.1, 0.15) is 31.2 Å². The number of methoxy groups -OCH3 is 1. The lowest BCUT2D eigenvalue weighted by Crippen LogP contribution is -2.49. The van der Waals surface area contributed by atoms with E-state index in [4.69, 9.17) is 4.74 Å². The highest BCUT2D eigenvalue weighted by atomic mass is 16.5. The van der Waals surface area contributed by atoms with Crippen molar-refractivity contribution in [2.24, 2.45) is 0 Å². The molecule has 0 spiro atoms. The number of carbonyl (C=O) groups excluding carboxylic acids is 2. The lowest BCUT2D eigenvalue weighted by Gasteiger charge is -2.33. The second-order valence-electron chi connectivity index (χ2n) is 9.00. The van der Waals surface area contributed by atoms with Crippen LogP contribution in [0.2, 0.25) is 0 Å². The minimum Gasteiger partial charge on any atom is -0.497 e. The van der Waals surface area contributed by atoms with E-state index in [2.05, 4.69) is 22.2 Å². The molecule has 31 heavy (non-hydrogen) atoms. The molecular formula is C23H34N4O4. The Bertz CT molecular complexity index is 786. The Hall–Kier alpha value is -2.16. The number of likely N-dealkylation sites (tertiary alicyclic amines) is 2. The van der Waals surface area contributed by atoms with Gasteiger partial charge in [0, 0.05) is 51.2 Å². The van der Waals surface area contributed by atoms with Gasteiger partial charge in [0.15, 0.2) is 0 Å². The molecule has 3 saturated heterocycles. The van der Waals surface area contributed by atoms with Crippen LogP contribution in [0.25, 0.3) is 0 Å². The summed E-state index contributed by atoms with van der Waals surface area (Å²) in [5.74, 6) is 1.01. The first-order valence-corrected chi connectivity index (χ1v) is 11.3. The van der Waals surface area contributed by atoms with Crippen LogP contribution in [0.5, 0.6) is 5.75 Å². The number of β-amino-alcohol motifs (C(OH)–C–C–N with tert-alkyl or cyclic N) is 1. The highest BCUT2D eigenvalue weighted by Crippen LogP contribution is 2.29. The predicted molar refractivity (Wildman–Crippen MR) is 117 cm³/mol. The van der Waals surface area contributed by atoms with Gasteiger partial charge >= 0.3 is 0 Å². The maximum absolute atomic E-state index is 13.0. The molecule has 3 aliphatic heterocycles. The zero-order chi connectivity index (χ0) is 22.0. The average Bonchev–Trinajstić information content (AvgIpc) is 3.37. The van der Waals surface area contributed by atoms with Gasteiger partial charge in [-0.15, -0.1) is 0 Å². The molecule has 3 aliphatic rings. The van der Waals surface area contributed by atoms with Crippen molar-refractivity contribution in [2.75, 3.05) is 40.3 Å². The van der Waals surface area contributed by atoms with E-state index in [9.17, 15) is 14.7 Å². The molecule has 0 saturated carbocycles. The summed E-state index contributed by atoms with van der Waals surface area (Å²) in [6.07, 6.45) is 2.38. The molecule has 0 aliphatic carbocycles. The highest BCUT2D eigenvalue weighted by Gasteiger charge is 2.45. The molecule has 8 nitrogen and oxygen atoms in total. The molecule has 0 radical (unpaired) electrons. The lowest BCUT2D eigenvalue weighted by molar-refractivity contribution is -0.131. The van der Waals surface area contributed by atoms with E-state index >= 15 is 0 Å². The van der Waals surface area contributed by atoms with Crippen LogP contribution in [0.15, 0.2) is 24.3 Å². The number of aliphatic hydroxyl groups excluding tert-OH is 1. The number of amides is 2. The number of fused-ring (bicyclic) bond motifs is 1. The van der Waals surface area contributed by atoms with Crippen LogP contribution in [0.4, 0.5) is 0 Å². The Kier molecular flexibility index (Phi) is 6.79. The van der Waals surface area contributed by atoms with Gasteiger partial charge in [-0.1, -0.05) is 12.1 Å².